The van der Waals surface area contributed by atoms with E-state index >= 15 is 0 Å². The smallest absolute Gasteiger partial charge is 0.0491 e. The Morgan fingerprint density at radius 1 is 0.456 bits per heavy atom. The number of hydrogen-bond acceptors (Lipinski definition) is 1. The second-order valence-electron chi connectivity index (χ2n) is 18.7. The van der Waals surface area contributed by atoms with E-state index in [-0.39, 0.29) is 16.7 Å². The van der Waals surface area contributed by atoms with Crippen LogP contribution in [-0.4, -0.2) is 0 Å². The van der Waals surface area contributed by atoms with Gasteiger partial charge in [-0.3, -0.25) is 0 Å². The van der Waals surface area contributed by atoms with Crippen LogP contribution in [0, 0.1) is 55.4 Å². The van der Waals surface area contributed by atoms with Crippen LogP contribution in [-0.2, 0) is 17.3 Å². The molecule has 0 saturated carbocycles. The second kappa shape index (κ2) is 13.1. The van der Waals surface area contributed by atoms with Crippen LogP contribution in [0.3, 0.4) is 0 Å². The van der Waals surface area contributed by atoms with Gasteiger partial charge in [-0.2, -0.15) is 0 Å². The molecule has 0 N–H and O–H groups in total. The Morgan fingerprint density at radius 3 is 1.40 bits per heavy atom. The van der Waals surface area contributed by atoms with Gasteiger partial charge in [0.2, 0.25) is 0 Å². The first-order valence-corrected chi connectivity index (χ1v) is 20.9. The first kappa shape index (κ1) is 37.2. The molecule has 0 fully saturated rings. The maximum atomic E-state index is 2.62. The Balaban J connectivity index is 1.29. The third kappa shape index (κ3) is 5.72. The number of benzene rings is 7. The van der Waals surface area contributed by atoms with Crippen molar-refractivity contribution in [1.29, 1.82) is 0 Å². The van der Waals surface area contributed by atoms with Crippen molar-refractivity contribution in [2.24, 2.45) is 0 Å². The Labute approximate surface area is 341 Å². The molecule has 0 aromatic heterocycles. The van der Waals surface area contributed by atoms with Crippen molar-refractivity contribution < 1.29 is 0 Å². The van der Waals surface area contributed by atoms with Crippen molar-refractivity contribution >= 4 is 27.8 Å². The lowest BCUT2D eigenvalue weighted by Gasteiger charge is -2.37. The predicted molar refractivity (Wildman–Crippen MR) is 245 cm³/mol. The van der Waals surface area contributed by atoms with Gasteiger partial charge in [0.25, 0.3) is 0 Å². The van der Waals surface area contributed by atoms with E-state index in [1.54, 1.807) is 0 Å². The highest BCUT2D eigenvalue weighted by Crippen LogP contribution is 2.61. The predicted octanol–water partition coefficient (Wildman–Crippen LogP) is 15.1. The summed E-state index contributed by atoms with van der Waals surface area (Å²) in [5, 5.41) is 2.87. The van der Waals surface area contributed by atoms with E-state index in [0.29, 0.717) is 0 Å². The van der Waals surface area contributed by atoms with Crippen LogP contribution in [0.2, 0.25) is 0 Å². The molecule has 0 atom stereocenters. The average Bonchev–Trinajstić information content (AvgIpc) is 3.37. The first-order valence-electron chi connectivity index (χ1n) is 20.9. The number of anilines is 3. The van der Waals surface area contributed by atoms with Crippen molar-refractivity contribution in [3.05, 3.63) is 193 Å². The zero-order valence-electron chi connectivity index (χ0n) is 36.1. The largest absolute Gasteiger partial charge is 0.310 e. The van der Waals surface area contributed by atoms with Crippen LogP contribution in [0.15, 0.2) is 109 Å². The highest BCUT2D eigenvalue weighted by atomic mass is 15.1. The summed E-state index contributed by atoms with van der Waals surface area (Å²) in [5.41, 5.74) is 26.8. The Hall–Kier alpha value is -5.40. The van der Waals surface area contributed by atoms with Gasteiger partial charge in [0.05, 0.1) is 0 Å². The molecule has 0 bridgehead atoms. The average molecular weight is 744 g/mol. The SMILES string of the molecule is Cc1ccc(C(Cc2cc3c4c5c(cccc25)C(C)(C)c2cc(N(c5ccc(C)cc5C)c5ccc(C)cc5C)cc(c2-4)C3(C)C)c2ccc(C)cc2C)c(C)c1. The molecule has 7 aromatic carbocycles. The molecule has 7 aromatic rings. The van der Waals surface area contributed by atoms with Gasteiger partial charge >= 0.3 is 0 Å². The van der Waals surface area contributed by atoms with Gasteiger partial charge in [0.15, 0.2) is 0 Å². The van der Waals surface area contributed by atoms with Crippen molar-refractivity contribution in [2.75, 3.05) is 4.90 Å². The molecule has 0 spiro atoms. The first-order chi connectivity index (χ1) is 27.1. The zero-order chi connectivity index (χ0) is 40.3. The summed E-state index contributed by atoms with van der Waals surface area (Å²) in [6.07, 6.45) is 0.944. The van der Waals surface area contributed by atoms with E-state index in [4.69, 9.17) is 0 Å². The molecule has 0 unspecified atom stereocenters. The molecule has 1 heteroatoms. The van der Waals surface area contributed by atoms with Crippen molar-refractivity contribution in [3.8, 4) is 11.1 Å². The molecule has 0 saturated heterocycles. The highest BCUT2D eigenvalue weighted by Gasteiger charge is 2.46. The quantitative estimate of drug-likeness (QED) is 0.157. The second-order valence-corrected chi connectivity index (χ2v) is 18.7. The van der Waals surface area contributed by atoms with Crippen molar-refractivity contribution in [2.45, 2.75) is 106 Å². The van der Waals surface area contributed by atoms with Gasteiger partial charge in [-0.05, 0) is 169 Å². The topological polar surface area (TPSA) is 3.24 Å². The Kier molecular flexibility index (Phi) is 8.53. The van der Waals surface area contributed by atoms with Crippen LogP contribution in [0.4, 0.5) is 17.1 Å². The molecule has 0 amide bonds. The Bertz CT molecular complexity index is 2700. The van der Waals surface area contributed by atoms with Gasteiger partial charge in [-0.25, -0.2) is 0 Å². The van der Waals surface area contributed by atoms with Gasteiger partial charge in [-0.1, -0.05) is 135 Å². The standard InChI is InChI=1S/C56H57N/c1-32-16-20-42(36(5)24-32)45(43-21-17-33(2)25-37(43)6)28-40-29-47-54-52-44(40)14-13-15-46(52)55(9,10)48-30-41(31-49(53(48)54)56(47,11)12)57(50-22-18-34(3)26-38(50)7)51-23-19-35(4)27-39(51)8/h13-27,29-31,45H,28H2,1-12H3. The number of nitrogens with zero attached hydrogens (tertiary/aromatic N) is 1. The summed E-state index contributed by atoms with van der Waals surface area (Å²) in [6, 6.07) is 42.8. The monoisotopic (exact) mass is 743 g/mol. The molecule has 1 nitrogen and oxygen atoms in total. The molecule has 0 radical (unpaired) electrons. The van der Waals surface area contributed by atoms with Crippen LogP contribution in [0.5, 0.6) is 0 Å². The van der Waals surface area contributed by atoms with Crippen molar-refractivity contribution in [3.63, 3.8) is 0 Å². The lowest BCUT2D eigenvalue weighted by atomic mass is 9.67. The minimum absolute atomic E-state index is 0.197. The lowest BCUT2D eigenvalue weighted by molar-refractivity contribution is 0.639. The molecule has 0 aliphatic heterocycles. The number of aryl methyl sites for hydroxylation is 8. The van der Waals surface area contributed by atoms with E-state index in [1.165, 1.54) is 122 Å². The van der Waals surface area contributed by atoms with E-state index in [9.17, 15) is 0 Å². The summed E-state index contributed by atoms with van der Waals surface area (Å²) >= 11 is 0. The van der Waals surface area contributed by atoms with Gasteiger partial charge in [-0.15, -0.1) is 0 Å². The van der Waals surface area contributed by atoms with E-state index in [1.807, 2.05) is 0 Å². The van der Waals surface area contributed by atoms with E-state index in [2.05, 4.69) is 197 Å². The molecule has 2 aliphatic rings. The fraction of sp³-hybridized carbons (Fsp3) is 0.286. The molecule has 0 heterocycles. The van der Waals surface area contributed by atoms with Crippen LogP contribution in [0.1, 0.15) is 117 Å². The number of rotatable bonds is 7. The molecule has 57 heavy (non-hydrogen) atoms. The maximum Gasteiger partial charge on any atom is 0.0491 e. The van der Waals surface area contributed by atoms with Crippen LogP contribution in [0.25, 0.3) is 21.9 Å². The summed E-state index contributed by atoms with van der Waals surface area (Å²) in [6.45, 7) is 27.8. The molecule has 2 aliphatic carbocycles. The summed E-state index contributed by atoms with van der Waals surface area (Å²) in [7, 11) is 0. The third-order valence-electron chi connectivity index (χ3n) is 13.8. The minimum Gasteiger partial charge on any atom is -0.310 e. The summed E-state index contributed by atoms with van der Waals surface area (Å²) in [4.78, 5) is 2.54. The molecule has 286 valence electrons. The van der Waals surface area contributed by atoms with Gasteiger partial charge in [0, 0.05) is 33.8 Å². The zero-order valence-corrected chi connectivity index (χ0v) is 36.1. The Morgan fingerprint density at radius 2 is 0.912 bits per heavy atom. The number of hydrogen-bond donors (Lipinski definition) is 0. The maximum absolute atomic E-state index is 2.62. The third-order valence-corrected chi connectivity index (χ3v) is 13.8. The summed E-state index contributed by atoms with van der Waals surface area (Å²) in [5.74, 6) is 0.241. The van der Waals surface area contributed by atoms with Crippen molar-refractivity contribution in [1.82, 2.24) is 0 Å². The molecule has 9 rings (SSSR count). The van der Waals surface area contributed by atoms with Crippen LogP contribution < -0.4 is 4.90 Å². The van der Waals surface area contributed by atoms with Gasteiger partial charge in [0.1, 0.15) is 0 Å². The van der Waals surface area contributed by atoms with E-state index < -0.39 is 0 Å². The normalized spacial score (nSPS) is 14.5. The van der Waals surface area contributed by atoms with Gasteiger partial charge < -0.3 is 4.90 Å². The molecular formula is C56H57N. The van der Waals surface area contributed by atoms with Crippen LogP contribution >= 0.6 is 0 Å². The fourth-order valence-electron chi connectivity index (χ4n) is 10.9. The summed E-state index contributed by atoms with van der Waals surface area (Å²) < 4.78 is 0. The lowest BCUT2D eigenvalue weighted by Crippen LogP contribution is -2.25. The van der Waals surface area contributed by atoms with E-state index in [0.717, 1.165) is 6.42 Å². The fourth-order valence-corrected chi connectivity index (χ4v) is 10.9. The minimum atomic E-state index is -0.209. The molecular weight excluding hydrogens is 687 g/mol. The highest BCUT2D eigenvalue weighted by molar-refractivity contribution is 6.10.